The Labute approximate surface area is 91.3 Å². The van der Waals surface area contributed by atoms with Gasteiger partial charge in [0, 0.05) is 24.1 Å². The van der Waals surface area contributed by atoms with Crippen molar-refractivity contribution >= 4 is 23.1 Å². The summed E-state index contributed by atoms with van der Waals surface area (Å²) < 4.78 is 15.1. The van der Waals surface area contributed by atoms with Gasteiger partial charge in [0.15, 0.2) is 0 Å². The summed E-state index contributed by atoms with van der Waals surface area (Å²) >= 11 is 7.01. The van der Waals surface area contributed by atoms with Crippen molar-refractivity contribution in [3.63, 3.8) is 0 Å². The number of nitrogens with zero attached hydrogens (tertiary/aromatic N) is 2. The molecule has 1 unspecified atom stereocenters. The second kappa shape index (κ2) is 5.02. The van der Waals surface area contributed by atoms with E-state index in [1.165, 1.54) is 11.5 Å². The third kappa shape index (κ3) is 2.63. The fourth-order valence-corrected chi connectivity index (χ4v) is 1.92. The average Bonchev–Trinajstić information content (AvgIpc) is 2.78. The van der Waals surface area contributed by atoms with E-state index in [0.717, 1.165) is 25.3 Å². The van der Waals surface area contributed by atoms with Gasteiger partial charge in [-0.15, -0.1) is 5.10 Å². The number of hydrogen-bond donors (Lipinski definition) is 0. The number of hydrogen-bond acceptors (Lipinski definition) is 5. The van der Waals surface area contributed by atoms with E-state index in [0.29, 0.717) is 23.5 Å². The first-order chi connectivity index (χ1) is 6.86. The van der Waals surface area contributed by atoms with E-state index in [4.69, 9.17) is 21.1 Å². The number of ether oxygens (including phenoxy) is 2. The van der Waals surface area contributed by atoms with E-state index in [-0.39, 0.29) is 0 Å². The smallest absolute Gasteiger partial charge is 0.139 e. The molecule has 0 bridgehead atoms. The molecule has 0 amide bonds. The van der Waals surface area contributed by atoms with Gasteiger partial charge in [-0.25, -0.2) is 0 Å². The van der Waals surface area contributed by atoms with E-state index in [1.807, 2.05) is 0 Å². The molecule has 0 aliphatic carbocycles. The van der Waals surface area contributed by atoms with Crippen molar-refractivity contribution in [3.05, 3.63) is 10.0 Å². The van der Waals surface area contributed by atoms with E-state index < -0.39 is 0 Å². The summed E-state index contributed by atoms with van der Waals surface area (Å²) in [5.74, 6) is 0.528. The van der Waals surface area contributed by atoms with Crippen molar-refractivity contribution in [1.82, 2.24) is 9.59 Å². The monoisotopic (exact) mass is 234 g/mol. The molecular weight excluding hydrogens is 224 g/mol. The molecule has 1 fully saturated rings. The highest BCUT2D eigenvalue weighted by Crippen LogP contribution is 2.19. The van der Waals surface area contributed by atoms with Gasteiger partial charge >= 0.3 is 0 Å². The maximum Gasteiger partial charge on any atom is 0.139 e. The molecule has 0 spiro atoms. The summed E-state index contributed by atoms with van der Waals surface area (Å²) in [5.41, 5.74) is 0.732. The van der Waals surface area contributed by atoms with Crippen molar-refractivity contribution in [2.24, 2.45) is 5.92 Å². The second-order valence-electron chi connectivity index (χ2n) is 3.24. The van der Waals surface area contributed by atoms with Gasteiger partial charge in [-0.2, -0.15) is 0 Å². The van der Waals surface area contributed by atoms with Crippen LogP contribution in [0.15, 0.2) is 0 Å². The van der Waals surface area contributed by atoms with Gasteiger partial charge in [-0.1, -0.05) is 16.1 Å². The van der Waals surface area contributed by atoms with Crippen LogP contribution in [-0.2, 0) is 16.1 Å². The number of rotatable bonds is 4. The van der Waals surface area contributed by atoms with E-state index in [9.17, 15) is 0 Å². The Balaban J connectivity index is 1.70. The largest absolute Gasteiger partial charge is 0.381 e. The minimum absolute atomic E-state index is 0.450. The molecule has 1 saturated heterocycles. The van der Waals surface area contributed by atoms with Gasteiger partial charge in [0.2, 0.25) is 0 Å². The zero-order chi connectivity index (χ0) is 9.80. The van der Waals surface area contributed by atoms with Crippen LogP contribution in [0.3, 0.4) is 0 Å². The minimum atomic E-state index is 0.450. The molecule has 14 heavy (non-hydrogen) atoms. The Morgan fingerprint density at radius 1 is 1.64 bits per heavy atom. The van der Waals surface area contributed by atoms with Crippen LogP contribution in [-0.4, -0.2) is 29.4 Å². The van der Waals surface area contributed by atoms with Crippen LogP contribution in [0.25, 0.3) is 0 Å². The molecule has 1 aliphatic heterocycles. The highest BCUT2D eigenvalue weighted by molar-refractivity contribution is 7.10. The predicted octanol–water partition coefficient (Wildman–Crippen LogP) is 1.74. The zero-order valence-corrected chi connectivity index (χ0v) is 9.18. The van der Waals surface area contributed by atoms with Crippen LogP contribution in [0.4, 0.5) is 0 Å². The van der Waals surface area contributed by atoms with Gasteiger partial charge in [0.1, 0.15) is 10.0 Å². The third-order valence-electron chi connectivity index (χ3n) is 2.13. The standard InChI is InChI=1S/C8H11ClN2O2S/c9-8-7(10-11-14-8)5-13-4-6-1-2-12-3-6/h6H,1-5H2. The van der Waals surface area contributed by atoms with E-state index >= 15 is 0 Å². The third-order valence-corrected chi connectivity index (χ3v) is 3.11. The minimum Gasteiger partial charge on any atom is -0.381 e. The van der Waals surface area contributed by atoms with Gasteiger partial charge in [-0.3, -0.25) is 0 Å². The molecular formula is C8H11ClN2O2S. The summed E-state index contributed by atoms with van der Waals surface area (Å²) in [4.78, 5) is 0. The molecule has 0 radical (unpaired) electrons. The van der Waals surface area contributed by atoms with E-state index in [1.54, 1.807) is 0 Å². The van der Waals surface area contributed by atoms with Gasteiger partial charge < -0.3 is 9.47 Å². The Morgan fingerprint density at radius 2 is 2.57 bits per heavy atom. The summed E-state index contributed by atoms with van der Waals surface area (Å²) in [6.07, 6.45) is 1.09. The van der Waals surface area contributed by atoms with Crippen molar-refractivity contribution in [2.75, 3.05) is 19.8 Å². The molecule has 0 aromatic carbocycles. The molecule has 1 aromatic heterocycles. The van der Waals surface area contributed by atoms with Crippen LogP contribution in [0.5, 0.6) is 0 Å². The highest BCUT2D eigenvalue weighted by Gasteiger charge is 2.16. The van der Waals surface area contributed by atoms with Crippen LogP contribution >= 0.6 is 23.1 Å². The second-order valence-corrected chi connectivity index (χ2v) is 4.59. The van der Waals surface area contributed by atoms with Crippen LogP contribution < -0.4 is 0 Å². The van der Waals surface area contributed by atoms with Crippen molar-refractivity contribution < 1.29 is 9.47 Å². The molecule has 2 rings (SSSR count). The Hall–Kier alpha value is -0.230. The summed E-state index contributed by atoms with van der Waals surface area (Å²) in [6.45, 7) is 2.83. The molecule has 4 nitrogen and oxygen atoms in total. The molecule has 2 heterocycles. The van der Waals surface area contributed by atoms with Crippen molar-refractivity contribution in [3.8, 4) is 0 Å². The lowest BCUT2D eigenvalue weighted by atomic mass is 10.1. The van der Waals surface area contributed by atoms with Crippen molar-refractivity contribution in [2.45, 2.75) is 13.0 Å². The first-order valence-corrected chi connectivity index (χ1v) is 5.63. The van der Waals surface area contributed by atoms with E-state index in [2.05, 4.69) is 9.59 Å². The van der Waals surface area contributed by atoms with Gasteiger partial charge in [0.05, 0.1) is 19.8 Å². The van der Waals surface area contributed by atoms with Gasteiger partial charge in [-0.05, 0) is 6.42 Å². The van der Waals surface area contributed by atoms with Crippen LogP contribution in [0, 0.1) is 5.92 Å². The zero-order valence-electron chi connectivity index (χ0n) is 7.61. The molecule has 0 saturated carbocycles. The summed E-state index contributed by atoms with van der Waals surface area (Å²) in [6, 6.07) is 0. The van der Waals surface area contributed by atoms with Crippen molar-refractivity contribution in [1.29, 1.82) is 0 Å². The normalized spacial score (nSPS) is 21.6. The SMILES string of the molecule is Clc1snnc1COCC1CCOC1. The Kier molecular flexibility index (Phi) is 3.69. The number of aromatic nitrogens is 2. The molecule has 0 N–H and O–H groups in total. The lowest BCUT2D eigenvalue weighted by Crippen LogP contribution is -2.09. The summed E-state index contributed by atoms with van der Waals surface area (Å²) in [7, 11) is 0. The summed E-state index contributed by atoms with van der Waals surface area (Å²) in [5, 5.41) is 3.86. The lowest BCUT2D eigenvalue weighted by molar-refractivity contribution is 0.0773. The maximum absolute atomic E-state index is 5.82. The maximum atomic E-state index is 5.82. The highest BCUT2D eigenvalue weighted by atomic mass is 35.5. The first-order valence-electron chi connectivity index (χ1n) is 4.48. The Bertz CT molecular complexity index is 289. The fourth-order valence-electron chi connectivity index (χ4n) is 1.32. The quantitative estimate of drug-likeness (QED) is 0.796. The molecule has 6 heteroatoms. The number of halogens is 1. The van der Waals surface area contributed by atoms with Crippen LogP contribution in [0.1, 0.15) is 12.1 Å². The lowest BCUT2D eigenvalue weighted by Gasteiger charge is -2.06. The molecule has 1 atom stereocenters. The molecule has 1 aliphatic rings. The average molecular weight is 235 g/mol. The molecule has 78 valence electrons. The Morgan fingerprint density at radius 3 is 3.21 bits per heavy atom. The predicted molar refractivity (Wildman–Crippen MR) is 53.5 cm³/mol. The fraction of sp³-hybridized carbons (Fsp3) is 0.750. The van der Waals surface area contributed by atoms with Gasteiger partial charge in [0.25, 0.3) is 0 Å². The molecule has 1 aromatic rings. The van der Waals surface area contributed by atoms with Crippen LogP contribution in [0.2, 0.25) is 4.34 Å². The topological polar surface area (TPSA) is 44.2 Å². The first kappa shape index (κ1) is 10.3.